The highest BCUT2D eigenvalue weighted by Crippen LogP contribution is 2.30. The van der Waals surface area contributed by atoms with Crippen LogP contribution in [0, 0.1) is 0 Å². The summed E-state index contributed by atoms with van der Waals surface area (Å²) in [6.07, 6.45) is 4.62. The maximum Gasteiger partial charge on any atom is 0.254 e. The van der Waals surface area contributed by atoms with Gasteiger partial charge in [0.2, 0.25) is 0 Å². The number of nitrogens with one attached hydrogen (secondary N) is 3. The first-order valence-corrected chi connectivity index (χ1v) is 10.0. The molecular weight excluding hydrogens is 414 g/mol. The zero-order valence-corrected chi connectivity index (χ0v) is 17.3. The molecule has 156 valence electrons. The molecule has 0 saturated heterocycles. The second-order valence-corrected chi connectivity index (χ2v) is 7.24. The van der Waals surface area contributed by atoms with E-state index >= 15 is 0 Å². The zero-order valence-electron chi connectivity index (χ0n) is 16.5. The number of primary amides is 1. The summed E-state index contributed by atoms with van der Waals surface area (Å²) in [5.74, 6) is 0.956. The van der Waals surface area contributed by atoms with Crippen LogP contribution in [0.5, 0.6) is 5.75 Å². The summed E-state index contributed by atoms with van der Waals surface area (Å²) in [5, 5.41) is 10.0. The van der Waals surface area contributed by atoms with Gasteiger partial charge < -0.3 is 20.5 Å². The minimum absolute atomic E-state index is 0.249. The third-order valence-electron chi connectivity index (χ3n) is 4.34. The fourth-order valence-corrected chi connectivity index (χ4v) is 3.48. The summed E-state index contributed by atoms with van der Waals surface area (Å²) >= 11 is 1.49. The van der Waals surface area contributed by atoms with Crippen molar-refractivity contribution in [2.45, 2.75) is 4.90 Å². The summed E-state index contributed by atoms with van der Waals surface area (Å²) in [7, 11) is 1.64. The number of amides is 1. The molecule has 10 heteroatoms. The lowest BCUT2D eigenvalue weighted by Crippen LogP contribution is -2.13. The first kappa shape index (κ1) is 20.2. The van der Waals surface area contributed by atoms with Gasteiger partial charge >= 0.3 is 0 Å². The first-order chi connectivity index (χ1) is 15.1. The van der Waals surface area contributed by atoms with E-state index in [4.69, 9.17) is 10.5 Å². The fourth-order valence-electron chi connectivity index (χ4n) is 2.83. The molecule has 0 unspecified atom stereocenters. The Bertz CT molecular complexity index is 1160. The molecule has 1 amide bonds. The number of hydrogen-bond acceptors (Lipinski definition) is 8. The predicted molar refractivity (Wildman–Crippen MR) is 120 cm³/mol. The lowest BCUT2D eigenvalue weighted by molar-refractivity contribution is 0.100. The molecule has 5 N–H and O–H groups in total. The molecule has 0 fully saturated rings. The first-order valence-electron chi connectivity index (χ1n) is 9.22. The molecule has 2 aromatic carbocycles. The van der Waals surface area contributed by atoms with E-state index in [-0.39, 0.29) is 5.56 Å². The molecule has 4 aromatic rings. The van der Waals surface area contributed by atoms with Crippen LogP contribution in [0.15, 0.2) is 72.0 Å². The Balaban J connectivity index is 1.49. The average Bonchev–Trinajstić information content (AvgIpc) is 3.23. The van der Waals surface area contributed by atoms with Crippen molar-refractivity contribution >= 4 is 35.2 Å². The second kappa shape index (κ2) is 9.18. The summed E-state index contributed by atoms with van der Waals surface area (Å²) in [5.41, 5.74) is 8.06. The Kier molecular flexibility index (Phi) is 5.99. The van der Waals surface area contributed by atoms with Crippen LogP contribution in [0.4, 0.5) is 17.3 Å². The number of nitrogens with two attached hydrogens (primary N) is 1. The lowest BCUT2D eigenvalue weighted by Gasteiger charge is -2.08. The third kappa shape index (κ3) is 4.75. The summed E-state index contributed by atoms with van der Waals surface area (Å²) in [4.78, 5) is 21.3. The lowest BCUT2D eigenvalue weighted by atomic mass is 10.1. The minimum Gasteiger partial charge on any atom is -0.497 e. The normalized spacial score (nSPS) is 10.5. The Labute approximate surface area is 182 Å². The van der Waals surface area contributed by atoms with E-state index in [1.807, 2.05) is 48.5 Å². The molecule has 9 nitrogen and oxygen atoms in total. The minimum atomic E-state index is -0.604. The van der Waals surface area contributed by atoms with Crippen molar-refractivity contribution in [2.24, 2.45) is 5.73 Å². The number of rotatable bonds is 8. The summed E-state index contributed by atoms with van der Waals surface area (Å²) < 4.78 is 8.45. The van der Waals surface area contributed by atoms with Gasteiger partial charge in [-0.05, 0) is 48.3 Å². The van der Waals surface area contributed by atoms with Crippen molar-refractivity contribution in [1.29, 1.82) is 0 Å². The maximum absolute atomic E-state index is 12.1. The number of anilines is 3. The van der Waals surface area contributed by atoms with Crippen molar-refractivity contribution in [2.75, 3.05) is 17.1 Å². The third-order valence-corrected chi connectivity index (χ3v) is 5.19. The second-order valence-electron chi connectivity index (χ2n) is 6.36. The zero-order chi connectivity index (χ0) is 21.6. The number of carbonyl (C=O) groups excluding carboxylic acids is 1. The van der Waals surface area contributed by atoms with Gasteiger partial charge in [-0.15, -0.1) is 0 Å². The Morgan fingerprint density at radius 3 is 2.52 bits per heavy atom. The summed E-state index contributed by atoms with van der Waals surface area (Å²) in [6, 6.07) is 15.3. The maximum atomic E-state index is 12.1. The smallest absolute Gasteiger partial charge is 0.254 e. The number of carbonyl (C=O) groups is 1. The van der Waals surface area contributed by atoms with Crippen LogP contribution in [0.3, 0.4) is 0 Å². The van der Waals surface area contributed by atoms with Gasteiger partial charge in [0.1, 0.15) is 17.1 Å². The van der Waals surface area contributed by atoms with E-state index in [1.54, 1.807) is 13.3 Å². The van der Waals surface area contributed by atoms with Crippen molar-refractivity contribution in [3.8, 4) is 17.0 Å². The highest BCUT2D eigenvalue weighted by molar-refractivity contribution is 8.00. The van der Waals surface area contributed by atoms with Crippen LogP contribution < -0.4 is 20.5 Å². The number of aromatic nitrogens is 4. The van der Waals surface area contributed by atoms with E-state index in [0.29, 0.717) is 17.3 Å². The van der Waals surface area contributed by atoms with Crippen molar-refractivity contribution in [1.82, 2.24) is 20.2 Å². The number of ether oxygens (including phenoxy) is 1. The van der Waals surface area contributed by atoms with Crippen LogP contribution in [-0.2, 0) is 0 Å². The number of benzene rings is 2. The molecule has 31 heavy (non-hydrogen) atoms. The number of H-pyrrole nitrogens is 1. The SMILES string of the molecule is COc1ccc(SNc2ccc(-c3[nH]nc(Nc4cnccn4)c3C(N)=O)cc2)cc1. The molecule has 0 radical (unpaired) electrons. The molecular formula is C21H19N7O2S. The van der Waals surface area contributed by atoms with Gasteiger partial charge in [0.25, 0.3) is 5.91 Å². The molecule has 0 bridgehead atoms. The van der Waals surface area contributed by atoms with E-state index in [0.717, 1.165) is 21.9 Å². The quantitative estimate of drug-likeness (QED) is 0.308. The monoisotopic (exact) mass is 433 g/mol. The van der Waals surface area contributed by atoms with Crippen LogP contribution in [0.2, 0.25) is 0 Å². The molecule has 2 aromatic heterocycles. The fraction of sp³-hybridized carbons (Fsp3) is 0.0476. The number of aromatic amines is 1. The van der Waals surface area contributed by atoms with Gasteiger partial charge in [-0.2, -0.15) is 5.10 Å². The van der Waals surface area contributed by atoms with Gasteiger partial charge in [-0.25, -0.2) is 4.98 Å². The standard InChI is InChI=1S/C21H19N7O2S/c1-30-15-6-8-16(9-7-15)31-28-14-4-2-13(3-5-14)19-18(20(22)29)21(27-26-19)25-17-12-23-10-11-24-17/h2-12,28H,1H3,(H2,22,29)(H2,24,25,26,27). The molecule has 0 aliphatic rings. The van der Waals surface area contributed by atoms with Crippen LogP contribution in [-0.4, -0.2) is 33.2 Å². The predicted octanol–water partition coefficient (Wildman–Crippen LogP) is 3.84. The van der Waals surface area contributed by atoms with E-state index in [1.165, 1.54) is 24.3 Å². The van der Waals surface area contributed by atoms with Crippen molar-refractivity contribution < 1.29 is 9.53 Å². The van der Waals surface area contributed by atoms with Gasteiger partial charge in [0, 0.05) is 28.5 Å². The highest BCUT2D eigenvalue weighted by Gasteiger charge is 2.20. The van der Waals surface area contributed by atoms with Crippen molar-refractivity contribution in [3.63, 3.8) is 0 Å². The molecule has 4 rings (SSSR count). The van der Waals surface area contributed by atoms with Gasteiger partial charge in [0.15, 0.2) is 5.82 Å². The molecule has 0 saturated carbocycles. The van der Waals surface area contributed by atoms with Gasteiger partial charge in [-0.3, -0.25) is 14.9 Å². The van der Waals surface area contributed by atoms with Gasteiger partial charge in [0.05, 0.1) is 19.0 Å². The Morgan fingerprint density at radius 2 is 1.87 bits per heavy atom. The molecule has 2 heterocycles. The number of methoxy groups -OCH3 is 1. The molecule has 0 aliphatic heterocycles. The summed E-state index contributed by atoms with van der Waals surface area (Å²) in [6.45, 7) is 0. The largest absolute Gasteiger partial charge is 0.497 e. The molecule has 0 spiro atoms. The van der Waals surface area contributed by atoms with Gasteiger partial charge in [-0.1, -0.05) is 12.1 Å². The molecule has 0 aliphatic carbocycles. The van der Waals surface area contributed by atoms with Crippen LogP contribution in [0.1, 0.15) is 10.4 Å². The van der Waals surface area contributed by atoms with Crippen LogP contribution >= 0.6 is 11.9 Å². The Morgan fingerprint density at radius 1 is 1.10 bits per heavy atom. The number of hydrogen-bond donors (Lipinski definition) is 4. The highest BCUT2D eigenvalue weighted by atomic mass is 32.2. The Hall–Kier alpha value is -4.05. The van der Waals surface area contributed by atoms with Crippen molar-refractivity contribution in [3.05, 3.63) is 72.7 Å². The average molecular weight is 433 g/mol. The van der Waals surface area contributed by atoms with E-state index < -0.39 is 5.91 Å². The van der Waals surface area contributed by atoms with E-state index in [2.05, 4.69) is 30.2 Å². The van der Waals surface area contributed by atoms with E-state index in [9.17, 15) is 4.79 Å². The van der Waals surface area contributed by atoms with Crippen LogP contribution in [0.25, 0.3) is 11.3 Å². The topological polar surface area (TPSA) is 131 Å². The number of nitrogens with zero attached hydrogens (tertiary/aromatic N) is 3. The molecule has 0 atom stereocenters.